The molecule has 2 aromatic carbocycles. The number of fused-ring (bicyclic) bond motifs is 1. The quantitative estimate of drug-likeness (QED) is 0.391. The van der Waals surface area contributed by atoms with Crippen molar-refractivity contribution in [3.05, 3.63) is 100 Å². The molecule has 0 saturated heterocycles. The second-order valence-corrected chi connectivity index (χ2v) is 8.11. The number of hydrogen-bond acceptors (Lipinski definition) is 5. The van der Waals surface area contributed by atoms with Crippen molar-refractivity contribution in [3.8, 4) is 0 Å². The van der Waals surface area contributed by atoms with Gasteiger partial charge in [-0.05, 0) is 42.8 Å². The number of halogens is 1. The van der Waals surface area contributed by atoms with Crippen molar-refractivity contribution >= 4 is 11.1 Å². The Hall–Kier alpha value is -3.29. The number of likely N-dealkylation sites (N-methyl/N-ethyl adjacent to an activating group) is 1. The van der Waals surface area contributed by atoms with E-state index < -0.39 is 0 Å². The third-order valence-corrected chi connectivity index (χ3v) is 5.87. The van der Waals surface area contributed by atoms with E-state index in [0.717, 1.165) is 30.6 Å². The Morgan fingerprint density at radius 1 is 1.09 bits per heavy atom. The van der Waals surface area contributed by atoms with Gasteiger partial charge in [-0.25, -0.2) is 4.39 Å². The first kappa shape index (κ1) is 22.9. The molecular formula is C26H29FN4O2. The van der Waals surface area contributed by atoms with Crippen LogP contribution in [0, 0.1) is 5.82 Å². The Morgan fingerprint density at radius 2 is 1.85 bits per heavy atom. The van der Waals surface area contributed by atoms with Gasteiger partial charge in [-0.2, -0.15) is 4.98 Å². The first-order chi connectivity index (χ1) is 16.1. The predicted octanol–water partition coefficient (Wildman–Crippen LogP) is 4.35. The van der Waals surface area contributed by atoms with E-state index in [1.807, 2.05) is 37.4 Å². The molecule has 4 aromatic rings. The van der Waals surface area contributed by atoms with Crippen LogP contribution in [0.1, 0.15) is 36.3 Å². The van der Waals surface area contributed by atoms with Crippen molar-refractivity contribution < 1.29 is 8.81 Å². The fraction of sp³-hybridized carbons (Fsp3) is 0.308. The smallest absolute Gasteiger partial charge is 0.265 e. The van der Waals surface area contributed by atoms with Crippen LogP contribution in [0.15, 0.2) is 76.1 Å². The van der Waals surface area contributed by atoms with Gasteiger partial charge in [0, 0.05) is 19.6 Å². The standard InChI is InChI=1S/C26H29FN4O2/c1-3-23(30(15-14-28-2)17-20-9-11-21(27)12-10-20)24-29-25-22(13-16-33-25)26(32)31(24)18-19-7-5-4-6-8-19/h4-13,16,23,28H,3,14-15,17-18H2,1-2H3. The van der Waals surface area contributed by atoms with Crippen molar-refractivity contribution in [1.29, 1.82) is 0 Å². The van der Waals surface area contributed by atoms with Gasteiger partial charge in [0.25, 0.3) is 5.56 Å². The van der Waals surface area contributed by atoms with E-state index in [-0.39, 0.29) is 17.4 Å². The van der Waals surface area contributed by atoms with Gasteiger partial charge in [-0.3, -0.25) is 14.3 Å². The van der Waals surface area contributed by atoms with Crippen molar-refractivity contribution in [2.45, 2.75) is 32.5 Å². The number of benzene rings is 2. The molecule has 1 unspecified atom stereocenters. The number of aromatic nitrogens is 2. The summed E-state index contributed by atoms with van der Waals surface area (Å²) in [6.45, 7) is 4.63. The minimum absolute atomic E-state index is 0.110. The zero-order chi connectivity index (χ0) is 23.2. The van der Waals surface area contributed by atoms with Gasteiger partial charge in [-0.15, -0.1) is 0 Å². The molecule has 6 nitrogen and oxygen atoms in total. The Kier molecular flexibility index (Phi) is 7.32. The predicted molar refractivity (Wildman–Crippen MR) is 128 cm³/mol. The fourth-order valence-corrected chi connectivity index (χ4v) is 4.17. The van der Waals surface area contributed by atoms with Crippen molar-refractivity contribution in [2.75, 3.05) is 20.1 Å². The number of nitrogens with zero attached hydrogens (tertiary/aromatic N) is 3. The first-order valence-electron chi connectivity index (χ1n) is 11.3. The van der Waals surface area contributed by atoms with Crippen molar-refractivity contribution in [2.24, 2.45) is 0 Å². The summed E-state index contributed by atoms with van der Waals surface area (Å²) in [6, 6.07) is 18.0. The molecule has 0 aliphatic rings. The van der Waals surface area contributed by atoms with Gasteiger partial charge in [0.05, 0.1) is 18.8 Å². The molecule has 1 atom stereocenters. The summed E-state index contributed by atoms with van der Waals surface area (Å²) in [5.74, 6) is 0.418. The lowest BCUT2D eigenvalue weighted by atomic mass is 10.1. The number of hydrogen-bond donors (Lipinski definition) is 1. The molecule has 0 fully saturated rings. The van der Waals surface area contributed by atoms with Gasteiger partial charge in [0.15, 0.2) is 0 Å². The molecule has 0 saturated carbocycles. The lowest BCUT2D eigenvalue weighted by molar-refractivity contribution is 0.172. The summed E-state index contributed by atoms with van der Waals surface area (Å²) in [7, 11) is 1.91. The maximum absolute atomic E-state index is 13.5. The van der Waals surface area contributed by atoms with Gasteiger partial charge in [0.2, 0.25) is 5.71 Å². The van der Waals surface area contributed by atoms with Crippen LogP contribution >= 0.6 is 0 Å². The summed E-state index contributed by atoms with van der Waals surface area (Å²) in [5, 5.41) is 3.68. The van der Waals surface area contributed by atoms with E-state index in [9.17, 15) is 9.18 Å². The van der Waals surface area contributed by atoms with E-state index in [1.54, 1.807) is 22.8 Å². The second kappa shape index (κ2) is 10.6. The number of nitrogens with one attached hydrogen (secondary N) is 1. The van der Waals surface area contributed by atoms with Crippen LogP contribution in [-0.2, 0) is 13.1 Å². The maximum atomic E-state index is 13.5. The average molecular weight is 449 g/mol. The topological polar surface area (TPSA) is 63.3 Å². The molecule has 172 valence electrons. The van der Waals surface area contributed by atoms with Crippen LogP contribution in [0.4, 0.5) is 4.39 Å². The molecule has 1 N–H and O–H groups in total. The molecule has 0 amide bonds. The third-order valence-electron chi connectivity index (χ3n) is 5.87. The fourth-order valence-electron chi connectivity index (χ4n) is 4.17. The van der Waals surface area contributed by atoms with E-state index in [4.69, 9.17) is 9.40 Å². The van der Waals surface area contributed by atoms with E-state index in [2.05, 4.69) is 17.1 Å². The molecule has 0 aliphatic carbocycles. The highest BCUT2D eigenvalue weighted by Crippen LogP contribution is 2.26. The summed E-state index contributed by atoms with van der Waals surface area (Å²) < 4.78 is 20.8. The van der Waals surface area contributed by atoms with Crippen LogP contribution in [0.5, 0.6) is 0 Å². The van der Waals surface area contributed by atoms with Crippen molar-refractivity contribution in [1.82, 2.24) is 19.8 Å². The normalized spacial score (nSPS) is 12.5. The lowest BCUT2D eigenvalue weighted by Crippen LogP contribution is -2.38. The molecule has 7 heteroatoms. The highest BCUT2D eigenvalue weighted by Gasteiger charge is 2.26. The zero-order valence-electron chi connectivity index (χ0n) is 19.0. The molecule has 0 aliphatic heterocycles. The SMILES string of the molecule is CCC(c1nc2occc2c(=O)n1Cc1ccccc1)N(CCNC)Cc1ccc(F)cc1. The largest absolute Gasteiger partial charge is 0.446 e. The van der Waals surface area contributed by atoms with Gasteiger partial charge in [-0.1, -0.05) is 49.4 Å². The third kappa shape index (κ3) is 5.21. The first-order valence-corrected chi connectivity index (χ1v) is 11.3. The monoisotopic (exact) mass is 448 g/mol. The van der Waals surface area contributed by atoms with E-state index >= 15 is 0 Å². The Morgan fingerprint density at radius 3 is 2.55 bits per heavy atom. The molecule has 4 rings (SSSR count). The van der Waals surface area contributed by atoms with Crippen LogP contribution in [0.3, 0.4) is 0 Å². The molecular weight excluding hydrogens is 419 g/mol. The Balaban J connectivity index is 1.78. The number of rotatable bonds is 10. The molecule has 0 bridgehead atoms. The minimum atomic E-state index is -0.255. The zero-order valence-corrected chi connectivity index (χ0v) is 19.0. The highest BCUT2D eigenvalue weighted by molar-refractivity contribution is 5.71. The van der Waals surface area contributed by atoms with Crippen LogP contribution < -0.4 is 10.9 Å². The molecule has 2 heterocycles. The average Bonchev–Trinajstić information content (AvgIpc) is 3.31. The molecule has 0 spiro atoms. The maximum Gasteiger partial charge on any atom is 0.265 e. The summed E-state index contributed by atoms with van der Waals surface area (Å²) in [5.41, 5.74) is 2.28. The van der Waals surface area contributed by atoms with Gasteiger partial charge in [0.1, 0.15) is 17.0 Å². The number of furan rings is 1. The van der Waals surface area contributed by atoms with Crippen LogP contribution in [0.25, 0.3) is 11.1 Å². The summed E-state index contributed by atoms with van der Waals surface area (Å²) in [4.78, 5) is 20.6. The second-order valence-electron chi connectivity index (χ2n) is 8.11. The minimum Gasteiger partial charge on any atom is -0.446 e. The van der Waals surface area contributed by atoms with Gasteiger partial charge < -0.3 is 9.73 Å². The highest BCUT2D eigenvalue weighted by atomic mass is 19.1. The van der Waals surface area contributed by atoms with Crippen LogP contribution in [0.2, 0.25) is 0 Å². The Bertz CT molecular complexity index is 1230. The van der Waals surface area contributed by atoms with E-state index in [1.165, 1.54) is 18.4 Å². The van der Waals surface area contributed by atoms with Crippen molar-refractivity contribution in [3.63, 3.8) is 0 Å². The molecule has 33 heavy (non-hydrogen) atoms. The van der Waals surface area contributed by atoms with Gasteiger partial charge >= 0.3 is 0 Å². The summed E-state index contributed by atoms with van der Waals surface area (Å²) in [6.07, 6.45) is 2.26. The summed E-state index contributed by atoms with van der Waals surface area (Å²) >= 11 is 0. The molecule has 2 aromatic heterocycles. The lowest BCUT2D eigenvalue weighted by Gasteiger charge is -2.32. The van der Waals surface area contributed by atoms with E-state index in [0.29, 0.717) is 30.0 Å². The Labute approximate surface area is 192 Å². The molecule has 0 radical (unpaired) electrons. The van der Waals surface area contributed by atoms with Crippen LogP contribution in [-0.4, -0.2) is 34.6 Å².